The van der Waals surface area contributed by atoms with E-state index in [1.807, 2.05) is 13.8 Å². The molecule has 1 saturated carbocycles. The number of hydrogen-bond acceptors (Lipinski definition) is 4. The summed E-state index contributed by atoms with van der Waals surface area (Å²) in [6.45, 7) is 17.1. The Bertz CT molecular complexity index is 1110. The van der Waals surface area contributed by atoms with Crippen molar-refractivity contribution in [2.45, 2.75) is 91.6 Å². The van der Waals surface area contributed by atoms with Crippen LogP contribution >= 0.6 is 0 Å². The molecule has 1 aromatic rings. The van der Waals surface area contributed by atoms with Gasteiger partial charge in [-0.2, -0.15) is 0 Å². The fourth-order valence-corrected chi connectivity index (χ4v) is 5.67. The summed E-state index contributed by atoms with van der Waals surface area (Å²) in [7, 11) is 0. The highest BCUT2D eigenvalue weighted by atomic mass is 19.3. The summed E-state index contributed by atoms with van der Waals surface area (Å²) >= 11 is 0. The molecule has 0 spiro atoms. The van der Waals surface area contributed by atoms with E-state index in [9.17, 15) is 19.0 Å². The summed E-state index contributed by atoms with van der Waals surface area (Å²) in [5.74, 6) is -2.57. The maximum atomic E-state index is 13.6. The lowest BCUT2D eigenvalue weighted by molar-refractivity contribution is 0.0172. The molecule has 1 fully saturated rings. The topological polar surface area (TPSA) is 55.7 Å². The summed E-state index contributed by atoms with van der Waals surface area (Å²) in [6.07, 6.45) is 9.35. The van der Waals surface area contributed by atoms with Gasteiger partial charge in [-0.3, -0.25) is 4.90 Å². The number of phenols is 1. The smallest absolute Gasteiger partial charge is 0.270 e. The van der Waals surface area contributed by atoms with E-state index in [2.05, 4.69) is 36.7 Å². The number of aliphatic hydroxyl groups is 1. The second kappa shape index (κ2) is 13.8. The summed E-state index contributed by atoms with van der Waals surface area (Å²) in [5, 5.41) is 24.0. The molecular weight excluding hydrogens is 494 g/mol. The molecule has 2 atom stereocenters. The number of phenolic OH excluding ortho intramolecular Hbond substituents is 1. The van der Waals surface area contributed by atoms with Crippen molar-refractivity contribution >= 4 is 5.57 Å². The largest absolute Gasteiger partial charge is 0.507 e. The number of rotatable bonds is 10. The number of benzene rings is 1. The lowest BCUT2D eigenvalue weighted by atomic mass is 9.91. The van der Waals surface area contributed by atoms with E-state index in [-0.39, 0.29) is 17.4 Å². The molecule has 1 aliphatic heterocycles. The van der Waals surface area contributed by atoms with Gasteiger partial charge in [-0.05, 0) is 113 Å². The van der Waals surface area contributed by atoms with Gasteiger partial charge in [-0.15, -0.1) is 0 Å². The second-order valence-corrected chi connectivity index (χ2v) is 11.7. The average molecular weight is 543 g/mol. The van der Waals surface area contributed by atoms with E-state index in [1.54, 1.807) is 6.07 Å². The van der Waals surface area contributed by atoms with Crippen LogP contribution in [0, 0.1) is 5.92 Å². The lowest BCUT2D eigenvalue weighted by Crippen LogP contribution is -2.34. The molecule has 6 heteroatoms. The van der Waals surface area contributed by atoms with Gasteiger partial charge in [0.05, 0.1) is 6.10 Å². The Hall–Kier alpha value is -2.44. The fraction of sp³-hybridized carbons (Fsp3) is 0.576. The summed E-state index contributed by atoms with van der Waals surface area (Å²) in [6, 6.07) is 4.12. The number of aliphatic hydroxyl groups excluding tert-OH is 1. The maximum Gasteiger partial charge on any atom is 0.270 e. The van der Waals surface area contributed by atoms with Gasteiger partial charge in [0, 0.05) is 43.4 Å². The Morgan fingerprint density at radius 3 is 2.56 bits per heavy atom. The van der Waals surface area contributed by atoms with E-state index in [0.29, 0.717) is 11.5 Å². The molecule has 0 bridgehead atoms. The van der Waals surface area contributed by atoms with Crippen molar-refractivity contribution in [1.29, 1.82) is 0 Å². The molecule has 216 valence electrons. The third kappa shape index (κ3) is 8.77. The number of hydrogen-bond donors (Lipinski definition) is 3. The molecule has 4 nitrogen and oxygen atoms in total. The van der Waals surface area contributed by atoms with Gasteiger partial charge in [-0.25, -0.2) is 8.78 Å². The van der Waals surface area contributed by atoms with Crippen LogP contribution in [0.25, 0.3) is 5.57 Å². The number of nitrogens with zero attached hydrogens (tertiary/aromatic N) is 1. The molecule has 1 heterocycles. The van der Waals surface area contributed by atoms with Crippen LogP contribution < -0.4 is 5.32 Å². The highest BCUT2D eigenvalue weighted by Crippen LogP contribution is 2.35. The number of allylic oxidation sites excluding steroid dienone is 5. The molecule has 1 aliphatic carbocycles. The lowest BCUT2D eigenvalue weighted by Gasteiger charge is -2.28. The van der Waals surface area contributed by atoms with Crippen LogP contribution in [0.15, 0.2) is 58.8 Å². The molecule has 3 rings (SSSR count). The van der Waals surface area contributed by atoms with Crippen LogP contribution in [0.2, 0.25) is 0 Å². The molecule has 0 amide bonds. The standard InChI is InChI=1S/C33H48F2N2O2/c1-22-11-14-30(38)15-12-28(22)10-8-18-37-17-7-9-27(21-37)20-36-26(5)24(3)23(2)25(4)31-16-13-29(19-32(31)39)33(6,34)35/h9,13,16,19,28,30,36,38-39H,1,7-8,10-12,14-15,17-18,20-21H2,2-6H3/b25-23+,26-24+. The van der Waals surface area contributed by atoms with E-state index in [0.717, 1.165) is 107 Å². The van der Waals surface area contributed by atoms with Gasteiger partial charge in [0.1, 0.15) is 5.75 Å². The SMILES string of the molecule is C=C1CCC(O)CCC1CCCN1CCC=C(CN/C(C)=C(C)/C(C)=C(\C)c2ccc(C(C)(F)F)cc2O)C1. The minimum Gasteiger partial charge on any atom is -0.507 e. The van der Waals surface area contributed by atoms with Crippen LogP contribution in [0.4, 0.5) is 8.78 Å². The van der Waals surface area contributed by atoms with E-state index in [4.69, 9.17) is 0 Å². The number of alkyl halides is 2. The Balaban J connectivity index is 1.54. The van der Waals surface area contributed by atoms with Crippen LogP contribution in [-0.2, 0) is 5.92 Å². The minimum absolute atomic E-state index is 0.127. The van der Waals surface area contributed by atoms with Gasteiger partial charge in [0.2, 0.25) is 0 Å². The molecule has 39 heavy (non-hydrogen) atoms. The van der Waals surface area contributed by atoms with E-state index in [1.165, 1.54) is 17.2 Å². The highest BCUT2D eigenvalue weighted by molar-refractivity contribution is 5.74. The van der Waals surface area contributed by atoms with Crippen LogP contribution in [-0.4, -0.2) is 47.4 Å². The first-order valence-corrected chi connectivity index (χ1v) is 14.4. The molecule has 3 N–H and O–H groups in total. The molecule has 2 aliphatic rings. The summed E-state index contributed by atoms with van der Waals surface area (Å²) in [4.78, 5) is 2.54. The minimum atomic E-state index is -2.99. The quantitative estimate of drug-likeness (QED) is 0.161. The van der Waals surface area contributed by atoms with Crippen LogP contribution in [0.1, 0.15) is 90.7 Å². The van der Waals surface area contributed by atoms with Gasteiger partial charge >= 0.3 is 0 Å². The third-order valence-corrected chi connectivity index (χ3v) is 8.73. The van der Waals surface area contributed by atoms with Gasteiger partial charge < -0.3 is 15.5 Å². The number of aromatic hydroxyl groups is 1. The Morgan fingerprint density at radius 1 is 1.13 bits per heavy atom. The van der Waals surface area contributed by atoms with Gasteiger partial charge in [0.25, 0.3) is 5.92 Å². The molecular formula is C33H48F2N2O2. The van der Waals surface area contributed by atoms with Gasteiger partial charge in [-0.1, -0.05) is 30.4 Å². The van der Waals surface area contributed by atoms with Crippen molar-refractivity contribution < 1.29 is 19.0 Å². The third-order valence-electron chi connectivity index (χ3n) is 8.73. The highest BCUT2D eigenvalue weighted by Gasteiger charge is 2.25. The van der Waals surface area contributed by atoms with Crippen molar-refractivity contribution in [2.24, 2.45) is 5.92 Å². The maximum absolute atomic E-state index is 13.6. The van der Waals surface area contributed by atoms with Crippen LogP contribution in [0.3, 0.4) is 0 Å². The first-order valence-electron chi connectivity index (χ1n) is 14.4. The number of nitrogens with one attached hydrogen (secondary N) is 1. The van der Waals surface area contributed by atoms with Crippen molar-refractivity contribution in [1.82, 2.24) is 10.2 Å². The van der Waals surface area contributed by atoms with Crippen molar-refractivity contribution in [3.05, 3.63) is 70.0 Å². The predicted octanol–water partition coefficient (Wildman–Crippen LogP) is 7.70. The van der Waals surface area contributed by atoms with Gasteiger partial charge in [0.15, 0.2) is 0 Å². The number of halogens is 2. The monoisotopic (exact) mass is 542 g/mol. The molecule has 2 unspecified atom stereocenters. The zero-order valence-corrected chi connectivity index (χ0v) is 24.5. The Labute approximate surface area is 234 Å². The predicted molar refractivity (Wildman–Crippen MR) is 158 cm³/mol. The summed E-state index contributed by atoms with van der Waals surface area (Å²) in [5.41, 5.74) is 7.12. The van der Waals surface area contributed by atoms with Crippen molar-refractivity contribution in [3.8, 4) is 5.75 Å². The average Bonchev–Trinajstić information content (AvgIpc) is 3.06. The van der Waals surface area contributed by atoms with Crippen LogP contribution in [0.5, 0.6) is 5.75 Å². The molecule has 0 saturated heterocycles. The van der Waals surface area contributed by atoms with E-state index >= 15 is 0 Å². The van der Waals surface area contributed by atoms with Crippen molar-refractivity contribution in [3.63, 3.8) is 0 Å². The zero-order chi connectivity index (χ0) is 28.7. The van der Waals surface area contributed by atoms with Crippen molar-refractivity contribution in [2.75, 3.05) is 26.2 Å². The first-order chi connectivity index (χ1) is 18.4. The zero-order valence-electron chi connectivity index (χ0n) is 24.5. The Kier molecular flexibility index (Phi) is 11.0. The summed E-state index contributed by atoms with van der Waals surface area (Å²) < 4.78 is 27.3. The first kappa shape index (κ1) is 31.1. The Morgan fingerprint density at radius 2 is 1.87 bits per heavy atom. The molecule has 0 radical (unpaired) electrons. The second-order valence-electron chi connectivity index (χ2n) is 11.7. The van der Waals surface area contributed by atoms with E-state index < -0.39 is 5.92 Å². The normalized spacial score (nSPS) is 22.6. The fourth-order valence-electron chi connectivity index (χ4n) is 5.67. The molecule has 0 aromatic heterocycles. The molecule has 1 aromatic carbocycles.